The van der Waals surface area contributed by atoms with Crippen LogP contribution in [-0.4, -0.2) is 13.1 Å². The van der Waals surface area contributed by atoms with Crippen molar-refractivity contribution in [2.45, 2.75) is 40.0 Å². The van der Waals surface area contributed by atoms with Crippen LogP contribution < -0.4 is 4.90 Å². The molecular formula is C24H31N. The van der Waals surface area contributed by atoms with E-state index in [0.717, 1.165) is 13.1 Å². The zero-order valence-electron chi connectivity index (χ0n) is 15.9. The van der Waals surface area contributed by atoms with Crippen molar-refractivity contribution < 1.29 is 0 Å². The fraction of sp³-hybridized carbons (Fsp3) is 0.333. The molecule has 0 aliphatic carbocycles. The molecule has 0 spiro atoms. The second kappa shape index (κ2) is 10.6. The summed E-state index contributed by atoms with van der Waals surface area (Å²) < 4.78 is 0. The number of rotatable bonds is 9. The van der Waals surface area contributed by atoms with Gasteiger partial charge in [0.1, 0.15) is 0 Å². The summed E-state index contributed by atoms with van der Waals surface area (Å²) in [4.78, 5) is 2.36. The maximum atomic E-state index is 2.36. The van der Waals surface area contributed by atoms with Gasteiger partial charge in [-0.2, -0.15) is 0 Å². The highest BCUT2D eigenvalue weighted by atomic mass is 15.1. The van der Waals surface area contributed by atoms with Gasteiger partial charge in [-0.05, 0) is 55.5 Å². The van der Waals surface area contributed by atoms with E-state index in [9.17, 15) is 0 Å². The standard InChI is InChI=1S/C24H31N/c1-4-7-10-21-13-15-22(16-14-21)11-8-9-12-23-17-19-24(20-18-23)25(5-2)6-3/h8-9,11-20H,4-7,10H2,1-3H3. The van der Waals surface area contributed by atoms with Crippen molar-refractivity contribution >= 4 is 17.8 Å². The Bertz CT molecular complexity index is 658. The summed E-state index contributed by atoms with van der Waals surface area (Å²) in [5, 5.41) is 0. The summed E-state index contributed by atoms with van der Waals surface area (Å²) in [6, 6.07) is 17.6. The number of benzene rings is 2. The van der Waals surface area contributed by atoms with E-state index in [4.69, 9.17) is 0 Å². The van der Waals surface area contributed by atoms with Crippen molar-refractivity contribution in [1.29, 1.82) is 0 Å². The van der Waals surface area contributed by atoms with E-state index in [0.29, 0.717) is 0 Å². The molecule has 0 bridgehead atoms. The average Bonchev–Trinajstić information content (AvgIpc) is 2.66. The predicted molar refractivity (Wildman–Crippen MR) is 113 cm³/mol. The molecule has 1 heteroatoms. The van der Waals surface area contributed by atoms with Crippen LogP contribution in [0.4, 0.5) is 5.69 Å². The third kappa shape index (κ3) is 6.26. The molecule has 0 saturated carbocycles. The van der Waals surface area contributed by atoms with E-state index in [-0.39, 0.29) is 0 Å². The van der Waals surface area contributed by atoms with Crippen molar-refractivity contribution in [3.63, 3.8) is 0 Å². The molecule has 0 aliphatic rings. The van der Waals surface area contributed by atoms with Crippen LogP contribution in [0.3, 0.4) is 0 Å². The van der Waals surface area contributed by atoms with E-state index >= 15 is 0 Å². The zero-order chi connectivity index (χ0) is 17.9. The predicted octanol–water partition coefficient (Wildman–Crippen LogP) is 6.60. The molecule has 0 N–H and O–H groups in total. The molecule has 0 fully saturated rings. The van der Waals surface area contributed by atoms with Crippen molar-refractivity contribution in [2.75, 3.05) is 18.0 Å². The van der Waals surface area contributed by atoms with Gasteiger partial charge in [-0.15, -0.1) is 0 Å². The molecule has 0 unspecified atom stereocenters. The van der Waals surface area contributed by atoms with E-state index < -0.39 is 0 Å². The Labute approximate surface area is 153 Å². The third-order valence-corrected chi connectivity index (χ3v) is 4.51. The van der Waals surface area contributed by atoms with E-state index in [1.165, 1.54) is 41.6 Å². The van der Waals surface area contributed by atoms with Crippen LogP contribution in [0, 0.1) is 0 Å². The summed E-state index contributed by atoms with van der Waals surface area (Å²) in [6.45, 7) is 8.72. The number of hydrogen-bond donors (Lipinski definition) is 0. The van der Waals surface area contributed by atoms with E-state index in [2.05, 4.69) is 98.5 Å². The summed E-state index contributed by atoms with van der Waals surface area (Å²) in [7, 11) is 0. The van der Waals surface area contributed by atoms with Gasteiger partial charge in [-0.25, -0.2) is 0 Å². The Balaban J connectivity index is 1.90. The van der Waals surface area contributed by atoms with Crippen molar-refractivity contribution in [3.8, 4) is 0 Å². The summed E-state index contributed by atoms with van der Waals surface area (Å²) in [6.07, 6.45) is 12.2. The minimum Gasteiger partial charge on any atom is -0.372 e. The first-order valence-electron chi connectivity index (χ1n) is 9.55. The lowest BCUT2D eigenvalue weighted by Crippen LogP contribution is -2.21. The van der Waals surface area contributed by atoms with Crippen LogP contribution in [0.1, 0.15) is 50.3 Å². The first-order valence-corrected chi connectivity index (χ1v) is 9.55. The normalized spacial score (nSPS) is 11.5. The van der Waals surface area contributed by atoms with Gasteiger partial charge in [0.25, 0.3) is 0 Å². The maximum absolute atomic E-state index is 2.36. The molecule has 0 heterocycles. The molecule has 132 valence electrons. The SMILES string of the molecule is CCCCc1ccc(C=CC=Cc2ccc(N(CC)CC)cc2)cc1. The highest BCUT2D eigenvalue weighted by molar-refractivity contribution is 5.59. The Hall–Kier alpha value is -2.28. The molecule has 0 aromatic heterocycles. The van der Waals surface area contributed by atoms with Crippen LogP contribution in [0.5, 0.6) is 0 Å². The number of nitrogens with zero attached hydrogens (tertiary/aromatic N) is 1. The molecular weight excluding hydrogens is 302 g/mol. The Kier molecular flexibility index (Phi) is 8.04. The largest absolute Gasteiger partial charge is 0.372 e. The topological polar surface area (TPSA) is 3.24 Å². The van der Waals surface area contributed by atoms with Crippen LogP contribution in [0.15, 0.2) is 60.7 Å². The Morgan fingerprint density at radius 3 is 1.72 bits per heavy atom. The van der Waals surface area contributed by atoms with Crippen LogP contribution in [0.2, 0.25) is 0 Å². The maximum Gasteiger partial charge on any atom is 0.0366 e. The number of anilines is 1. The van der Waals surface area contributed by atoms with Gasteiger partial charge in [0.2, 0.25) is 0 Å². The lowest BCUT2D eigenvalue weighted by Gasteiger charge is -2.20. The molecule has 1 nitrogen and oxygen atoms in total. The number of hydrogen-bond acceptors (Lipinski definition) is 1. The lowest BCUT2D eigenvalue weighted by molar-refractivity contribution is 0.795. The van der Waals surface area contributed by atoms with Gasteiger partial charge in [-0.3, -0.25) is 0 Å². The number of allylic oxidation sites excluding steroid dienone is 2. The number of aryl methyl sites for hydroxylation is 1. The van der Waals surface area contributed by atoms with Crippen LogP contribution in [0.25, 0.3) is 12.2 Å². The van der Waals surface area contributed by atoms with E-state index in [1.54, 1.807) is 0 Å². The number of unbranched alkanes of at least 4 members (excludes halogenated alkanes) is 1. The molecule has 0 amide bonds. The third-order valence-electron chi connectivity index (χ3n) is 4.51. The molecule has 0 saturated heterocycles. The zero-order valence-corrected chi connectivity index (χ0v) is 15.9. The second-order valence-corrected chi connectivity index (χ2v) is 6.33. The molecule has 25 heavy (non-hydrogen) atoms. The Morgan fingerprint density at radius 1 is 0.720 bits per heavy atom. The molecule has 2 aromatic carbocycles. The van der Waals surface area contributed by atoms with Crippen LogP contribution in [-0.2, 0) is 6.42 Å². The summed E-state index contributed by atoms with van der Waals surface area (Å²) in [5.74, 6) is 0. The Morgan fingerprint density at radius 2 is 1.24 bits per heavy atom. The fourth-order valence-electron chi connectivity index (χ4n) is 2.89. The molecule has 2 rings (SSSR count). The van der Waals surface area contributed by atoms with E-state index in [1.807, 2.05) is 0 Å². The summed E-state index contributed by atoms with van der Waals surface area (Å²) >= 11 is 0. The molecule has 2 aromatic rings. The monoisotopic (exact) mass is 333 g/mol. The van der Waals surface area contributed by atoms with Gasteiger partial charge in [-0.1, -0.05) is 74.0 Å². The van der Waals surface area contributed by atoms with Gasteiger partial charge in [0.15, 0.2) is 0 Å². The first kappa shape index (κ1) is 19.1. The van der Waals surface area contributed by atoms with Gasteiger partial charge >= 0.3 is 0 Å². The first-order chi connectivity index (χ1) is 12.3. The van der Waals surface area contributed by atoms with Gasteiger partial charge in [0.05, 0.1) is 0 Å². The van der Waals surface area contributed by atoms with Gasteiger partial charge < -0.3 is 4.90 Å². The smallest absolute Gasteiger partial charge is 0.0366 e. The molecule has 0 atom stereocenters. The summed E-state index contributed by atoms with van der Waals surface area (Å²) in [5.41, 5.74) is 5.21. The quantitative estimate of drug-likeness (QED) is 0.467. The highest BCUT2D eigenvalue weighted by Gasteiger charge is 1.99. The van der Waals surface area contributed by atoms with Gasteiger partial charge in [0, 0.05) is 18.8 Å². The van der Waals surface area contributed by atoms with Crippen molar-refractivity contribution in [3.05, 3.63) is 77.4 Å². The van der Waals surface area contributed by atoms with Crippen LogP contribution >= 0.6 is 0 Å². The minimum absolute atomic E-state index is 1.05. The minimum atomic E-state index is 1.05. The fourth-order valence-corrected chi connectivity index (χ4v) is 2.89. The average molecular weight is 334 g/mol. The van der Waals surface area contributed by atoms with Crippen molar-refractivity contribution in [1.82, 2.24) is 0 Å². The second-order valence-electron chi connectivity index (χ2n) is 6.33. The molecule has 0 aliphatic heterocycles. The lowest BCUT2D eigenvalue weighted by atomic mass is 10.1. The highest BCUT2D eigenvalue weighted by Crippen LogP contribution is 2.16. The molecule has 0 radical (unpaired) electrons. The van der Waals surface area contributed by atoms with Crippen molar-refractivity contribution in [2.24, 2.45) is 0 Å².